The predicted octanol–water partition coefficient (Wildman–Crippen LogP) is 7.26. The van der Waals surface area contributed by atoms with Crippen LogP contribution in [-0.2, 0) is 0 Å². The Labute approximate surface area is 313 Å². The summed E-state index contributed by atoms with van der Waals surface area (Å²) in [5.41, 5.74) is 15.6. The second-order valence-corrected chi connectivity index (χ2v) is 14.2. The van der Waals surface area contributed by atoms with Crippen LogP contribution in [0, 0.1) is 0 Å². The minimum absolute atomic E-state index is 0.900. The van der Waals surface area contributed by atoms with Crippen LogP contribution in [0.5, 0.6) is 0 Å². The third-order valence-electron chi connectivity index (χ3n) is 11.2. The Morgan fingerprint density at radius 3 is 1.74 bits per heavy atom. The van der Waals surface area contributed by atoms with E-state index in [0.29, 0.717) is 0 Å². The van der Waals surface area contributed by atoms with Gasteiger partial charge in [0.15, 0.2) is 7.85 Å². The van der Waals surface area contributed by atoms with Gasteiger partial charge in [-0.1, -0.05) is 115 Å². The van der Waals surface area contributed by atoms with Crippen molar-refractivity contribution < 1.29 is 4.42 Å². The molecule has 8 heteroatoms. The smallest absolute Gasteiger partial charge is 0.160 e. The Hall–Kier alpha value is -6.13. The third kappa shape index (κ3) is 5.24. The molecule has 53 heavy (non-hydrogen) atoms. The van der Waals surface area contributed by atoms with Crippen LogP contribution in [0.2, 0.25) is 0 Å². The first-order valence-corrected chi connectivity index (χ1v) is 18.3. The molecule has 0 aliphatic heterocycles. The van der Waals surface area contributed by atoms with Crippen molar-refractivity contribution >= 4 is 99.3 Å². The second kappa shape index (κ2) is 12.8. The number of rotatable bonds is 6. The van der Waals surface area contributed by atoms with Gasteiger partial charge in [0.25, 0.3) is 0 Å². The van der Waals surface area contributed by atoms with E-state index in [1.807, 2.05) is 12.1 Å². The molecule has 0 aliphatic rings. The van der Waals surface area contributed by atoms with E-state index in [1.165, 1.54) is 54.7 Å². The largest absolute Gasteiger partial charge is 0.456 e. The maximum Gasteiger partial charge on any atom is 0.160 e. The first kappa shape index (κ1) is 32.8. The number of benzene rings is 7. The highest BCUT2D eigenvalue weighted by molar-refractivity contribution is 6.52. The maximum atomic E-state index is 6.23. The lowest BCUT2D eigenvalue weighted by molar-refractivity contribution is 0.669. The summed E-state index contributed by atoms with van der Waals surface area (Å²) in [7, 11) is 10.9. The zero-order valence-corrected chi connectivity index (χ0v) is 30.8. The van der Waals surface area contributed by atoms with Gasteiger partial charge < -0.3 is 8.98 Å². The number of hydrogen-bond donors (Lipinski definition) is 0. The third-order valence-corrected chi connectivity index (χ3v) is 11.2. The molecule has 7 aromatic carbocycles. The SMILES string of the molecule is BC(=C)/C(B)=C(B)\C(B)=C(/B)n1c(-c2ccccc2-c2c3ccccc3c(-c3ccc4oc5ccccc5c4c3)c3ccccc23)nc2ccccc21. The summed E-state index contributed by atoms with van der Waals surface area (Å²) in [6.45, 7) is 4.24. The first-order valence-electron chi connectivity index (χ1n) is 18.3. The van der Waals surface area contributed by atoms with Gasteiger partial charge in [0.2, 0.25) is 0 Å². The standard InChI is InChI=1S/C45H35B5N2O/c1-25(46)41(47)42(48)43(49)44(50)52-36-20-10-9-19-35(36)51-45(52)33-18-7-6-17-32(33)40-30-15-4-2-13-28(30)39(29-14-3-5-16-31(29)40)26-22-23-38-34(24-26)27-12-8-11-21-37(27)53-38/h2-24H,1,46-50H2/b42-41-,44-43-. The highest BCUT2D eigenvalue weighted by Gasteiger charge is 2.23. The number of imidazole rings is 1. The van der Waals surface area contributed by atoms with Crippen molar-refractivity contribution in [2.45, 2.75) is 0 Å². The predicted molar refractivity (Wildman–Crippen MR) is 240 cm³/mol. The number of fused-ring (bicyclic) bond motifs is 6. The molecule has 3 nitrogen and oxygen atoms in total. The topological polar surface area (TPSA) is 31.0 Å². The zero-order chi connectivity index (χ0) is 36.4. The van der Waals surface area contributed by atoms with Crippen LogP contribution in [0.4, 0.5) is 0 Å². The summed E-state index contributed by atoms with van der Waals surface area (Å²) in [4.78, 5) is 5.37. The quantitative estimate of drug-likeness (QED) is 0.106. The summed E-state index contributed by atoms with van der Waals surface area (Å²) in [5, 5.41) is 7.08. The fraction of sp³-hybridized carbons (Fsp3) is 0. The summed E-state index contributed by atoms with van der Waals surface area (Å²) >= 11 is 0. The van der Waals surface area contributed by atoms with Crippen LogP contribution in [0.25, 0.3) is 93.8 Å². The zero-order valence-electron chi connectivity index (χ0n) is 30.8. The maximum absolute atomic E-state index is 6.23. The summed E-state index contributed by atoms with van der Waals surface area (Å²) in [5.74, 6) is 0.925. The van der Waals surface area contributed by atoms with Crippen LogP contribution in [0.15, 0.2) is 172 Å². The molecule has 9 aromatic rings. The number of para-hydroxylation sites is 3. The average molecular weight is 674 g/mol. The lowest BCUT2D eigenvalue weighted by atomic mass is 9.63. The van der Waals surface area contributed by atoms with Crippen LogP contribution in [-0.4, -0.2) is 48.8 Å². The van der Waals surface area contributed by atoms with Gasteiger partial charge in [0.1, 0.15) is 48.4 Å². The fourth-order valence-electron chi connectivity index (χ4n) is 8.09. The molecule has 0 fully saturated rings. The van der Waals surface area contributed by atoms with E-state index < -0.39 is 0 Å². The Balaban J connectivity index is 1.34. The van der Waals surface area contributed by atoms with E-state index >= 15 is 0 Å². The number of nitrogens with zero attached hydrogens (tertiary/aromatic N) is 2. The minimum Gasteiger partial charge on any atom is -0.456 e. The van der Waals surface area contributed by atoms with Crippen molar-refractivity contribution in [1.82, 2.24) is 9.55 Å². The van der Waals surface area contributed by atoms with Gasteiger partial charge in [-0.15, -0.1) is 23.0 Å². The summed E-state index contributed by atoms with van der Waals surface area (Å²) < 4.78 is 8.58. The van der Waals surface area contributed by atoms with E-state index in [1.54, 1.807) is 0 Å². The molecule has 0 amide bonds. The van der Waals surface area contributed by atoms with Crippen molar-refractivity contribution in [3.05, 3.63) is 168 Å². The Morgan fingerprint density at radius 2 is 1.06 bits per heavy atom. The van der Waals surface area contributed by atoms with Gasteiger partial charge in [-0.25, -0.2) is 4.98 Å². The normalized spacial score (nSPS) is 12.8. The minimum atomic E-state index is 0.900. The summed E-state index contributed by atoms with van der Waals surface area (Å²) in [6, 6.07) is 49.9. The Bertz CT molecular complexity index is 2980. The van der Waals surface area contributed by atoms with Crippen LogP contribution >= 0.6 is 0 Å². The number of allylic oxidation sites excluding steroid dienone is 4. The highest BCUT2D eigenvalue weighted by atomic mass is 16.3. The summed E-state index contributed by atoms with van der Waals surface area (Å²) in [6.07, 6.45) is 0. The molecule has 0 radical (unpaired) electrons. The molecule has 0 saturated carbocycles. The molecule has 0 unspecified atom stereocenters. The van der Waals surface area contributed by atoms with Crippen molar-refractivity contribution in [1.29, 1.82) is 0 Å². The Kier molecular flexibility index (Phi) is 7.93. The average Bonchev–Trinajstić information content (AvgIpc) is 3.77. The number of furan rings is 1. The molecule has 2 heterocycles. The van der Waals surface area contributed by atoms with E-state index in [-0.39, 0.29) is 0 Å². The monoisotopic (exact) mass is 674 g/mol. The first-order chi connectivity index (χ1) is 25.8. The van der Waals surface area contributed by atoms with E-state index in [0.717, 1.165) is 61.0 Å². The van der Waals surface area contributed by atoms with Gasteiger partial charge >= 0.3 is 0 Å². The molecular weight excluding hydrogens is 639 g/mol. The highest BCUT2D eigenvalue weighted by Crippen LogP contribution is 2.47. The van der Waals surface area contributed by atoms with Crippen LogP contribution in [0.1, 0.15) is 0 Å². The molecule has 9 rings (SSSR count). The van der Waals surface area contributed by atoms with Crippen molar-refractivity contribution in [2.75, 3.05) is 0 Å². The number of aromatic nitrogens is 2. The molecular formula is C45H35B5N2O. The van der Waals surface area contributed by atoms with Gasteiger partial charge in [-0.05, 0) is 79.7 Å². The van der Waals surface area contributed by atoms with Crippen molar-refractivity contribution in [3.63, 3.8) is 0 Å². The van der Waals surface area contributed by atoms with Gasteiger partial charge in [-0.3, -0.25) is 0 Å². The van der Waals surface area contributed by atoms with Gasteiger partial charge in [0.05, 0.1) is 11.0 Å². The van der Waals surface area contributed by atoms with Crippen LogP contribution in [0.3, 0.4) is 0 Å². The molecule has 0 saturated heterocycles. The van der Waals surface area contributed by atoms with E-state index in [4.69, 9.17) is 9.40 Å². The van der Waals surface area contributed by atoms with E-state index in [2.05, 4.69) is 178 Å². The lowest BCUT2D eigenvalue weighted by Crippen LogP contribution is -2.08. The number of hydrogen-bond acceptors (Lipinski definition) is 2. The lowest BCUT2D eigenvalue weighted by Gasteiger charge is -2.21. The molecule has 2 aromatic heterocycles. The second-order valence-electron chi connectivity index (χ2n) is 14.2. The Morgan fingerprint density at radius 1 is 0.509 bits per heavy atom. The molecule has 0 spiro atoms. The molecule has 0 bridgehead atoms. The fourth-order valence-corrected chi connectivity index (χ4v) is 8.09. The van der Waals surface area contributed by atoms with Crippen molar-refractivity contribution in [2.24, 2.45) is 0 Å². The van der Waals surface area contributed by atoms with Gasteiger partial charge in [-0.2, -0.15) is 0 Å². The molecule has 0 atom stereocenters. The van der Waals surface area contributed by atoms with E-state index in [9.17, 15) is 0 Å². The van der Waals surface area contributed by atoms with Gasteiger partial charge in [0, 0.05) is 16.3 Å². The molecule has 246 valence electrons. The molecule has 0 N–H and O–H groups in total. The van der Waals surface area contributed by atoms with Crippen LogP contribution < -0.4 is 0 Å². The van der Waals surface area contributed by atoms with Crippen molar-refractivity contribution in [3.8, 4) is 33.6 Å². The molecule has 0 aliphatic carbocycles.